The summed E-state index contributed by atoms with van der Waals surface area (Å²) in [5, 5.41) is 10.6. The second kappa shape index (κ2) is 6.59. The average molecular weight is 314 g/mol. The van der Waals surface area contributed by atoms with Crippen LogP contribution in [0.4, 0.5) is 0 Å². The van der Waals surface area contributed by atoms with Crippen LogP contribution in [0, 0.1) is 17.8 Å². The van der Waals surface area contributed by atoms with Gasteiger partial charge in [-0.3, -0.25) is 14.4 Å². The smallest absolute Gasteiger partial charge is 0.146 e. The van der Waals surface area contributed by atoms with Gasteiger partial charge in [0.1, 0.15) is 17.3 Å². The summed E-state index contributed by atoms with van der Waals surface area (Å²) in [5.41, 5.74) is -0.518. The average Bonchev–Trinajstić information content (AvgIpc) is 2.43. The number of rotatable bonds is 4. The van der Waals surface area contributed by atoms with E-state index in [1.54, 1.807) is 12.2 Å². The molecular formula is C19H22O4. The van der Waals surface area contributed by atoms with Crippen molar-refractivity contribution in [1.29, 1.82) is 0 Å². The van der Waals surface area contributed by atoms with Gasteiger partial charge in [-0.25, -0.2) is 0 Å². The Balaban J connectivity index is 2.45. The molecule has 4 nitrogen and oxygen atoms in total. The molecule has 0 unspecified atom stereocenters. The fourth-order valence-corrected chi connectivity index (χ4v) is 3.61. The van der Waals surface area contributed by atoms with Crippen LogP contribution in [0.25, 0.3) is 6.08 Å². The third-order valence-electron chi connectivity index (χ3n) is 4.51. The molecule has 1 aromatic carbocycles. The highest BCUT2D eigenvalue weighted by Crippen LogP contribution is 2.41. The second-order valence-electron chi connectivity index (χ2n) is 6.52. The molecule has 4 atom stereocenters. The Morgan fingerprint density at radius 2 is 1.78 bits per heavy atom. The molecule has 2 rings (SSSR count). The van der Waals surface area contributed by atoms with Gasteiger partial charge in [0.15, 0.2) is 0 Å². The van der Waals surface area contributed by atoms with Crippen molar-refractivity contribution >= 4 is 23.4 Å². The van der Waals surface area contributed by atoms with Gasteiger partial charge >= 0.3 is 0 Å². The molecule has 0 spiro atoms. The largest absolute Gasteiger partial charge is 0.389 e. The minimum absolute atomic E-state index is 0.169. The number of hydrogen-bond acceptors (Lipinski definition) is 4. The Hall–Kier alpha value is -2.07. The number of hydrogen-bond donors (Lipinski definition) is 1. The SMILES string of the molecule is CC(=O)[C@@H]1C(=O)C[C@](C)(O)[C@@H](C(C)=O)[C@H]1C=Cc1ccccc1. The third kappa shape index (κ3) is 3.64. The van der Waals surface area contributed by atoms with Crippen molar-refractivity contribution in [2.24, 2.45) is 17.8 Å². The minimum Gasteiger partial charge on any atom is -0.389 e. The molecule has 1 aromatic rings. The van der Waals surface area contributed by atoms with Crippen LogP contribution < -0.4 is 0 Å². The summed E-state index contributed by atoms with van der Waals surface area (Å²) >= 11 is 0. The number of Topliss-reactive ketones (excluding diaryl/α,β-unsaturated/α-hetero) is 3. The summed E-state index contributed by atoms with van der Waals surface area (Å²) in [6.07, 6.45) is 3.35. The number of benzene rings is 1. The first-order valence-electron chi connectivity index (χ1n) is 7.73. The van der Waals surface area contributed by atoms with Gasteiger partial charge in [-0.15, -0.1) is 0 Å². The van der Waals surface area contributed by atoms with E-state index in [2.05, 4.69) is 0 Å². The van der Waals surface area contributed by atoms with Gasteiger partial charge in [-0.05, 0) is 26.3 Å². The van der Waals surface area contributed by atoms with E-state index in [1.807, 2.05) is 30.3 Å². The lowest BCUT2D eigenvalue weighted by atomic mass is 9.61. The lowest BCUT2D eigenvalue weighted by molar-refractivity contribution is -0.153. The molecule has 1 saturated carbocycles. The first kappa shape index (κ1) is 17.3. The maximum Gasteiger partial charge on any atom is 0.146 e. The highest BCUT2D eigenvalue weighted by molar-refractivity contribution is 6.04. The van der Waals surface area contributed by atoms with E-state index in [-0.39, 0.29) is 23.8 Å². The van der Waals surface area contributed by atoms with Crippen LogP contribution in [0.1, 0.15) is 32.8 Å². The van der Waals surface area contributed by atoms with Crippen LogP contribution in [0.3, 0.4) is 0 Å². The molecule has 0 radical (unpaired) electrons. The molecule has 1 N–H and O–H groups in total. The molecule has 1 aliphatic carbocycles. The summed E-state index contributed by atoms with van der Waals surface area (Å²) in [6, 6.07) is 9.44. The van der Waals surface area contributed by atoms with Crippen molar-refractivity contribution in [2.75, 3.05) is 0 Å². The molecule has 122 valence electrons. The molecule has 1 aliphatic rings. The molecule has 0 heterocycles. The Morgan fingerprint density at radius 3 is 2.30 bits per heavy atom. The Morgan fingerprint density at radius 1 is 1.17 bits per heavy atom. The van der Waals surface area contributed by atoms with Crippen LogP contribution in [0.2, 0.25) is 0 Å². The van der Waals surface area contributed by atoms with E-state index < -0.39 is 23.4 Å². The lowest BCUT2D eigenvalue weighted by Crippen LogP contribution is -2.54. The highest BCUT2D eigenvalue weighted by Gasteiger charge is 2.52. The zero-order valence-corrected chi connectivity index (χ0v) is 13.7. The molecule has 0 amide bonds. The van der Waals surface area contributed by atoms with Crippen molar-refractivity contribution in [3.63, 3.8) is 0 Å². The summed E-state index contributed by atoms with van der Waals surface area (Å²) in [5.74, 6) is -3.04. The summed E-state index contributed by atoms with van der Waals surface area (Å²) in [4.78, 5) is 36.4. The molecule has 0 saturated heterocycles. The van der Waals surface area contributed by atoms with Gasteiger partial charge in [0, 0.05) is 12.3 Å². The van der Waals surface area contributed by atoms with Crippen molar-refractivity contribution < 1.29 is 19.5 Å². The minimum atomic E-state index is -1.43. The molecule has 0 bridgehead atoms. The number of allylic oxidation sites excluding steroid dienone is 1. The number of carbonyl (C=O) groups is 3. The van der Waals surface area contributed by atoms with E-state index >= 15 is 0 Å². The van der Waals surface area contributed by atoms with Crippen LogP contribution in [0.15, 0.2) is 36.4 Å². The zero-order chi connectivity index (χ0) is 17.2. The normalized spacial score (nSPS) is 31.3. The maximum absolute atomic E-state index is 12.3. The molecule has 0 aromatic heterocycles. The molecule has 1 fully saturated rings. The fourth-order valence-electron chi connectivity index (χ4n) is 3.61. The number of carbonyl (C=O) groups excluding carboxylic acids is 3. The molecule has 0 aliphatic heterocycles. The van der Waals surface area contributed by atoms with E-state index in [1.165, 1.54) is 20.8 Å². The fraction of sp³-hybridized carbons (Fsp3) is 0.421. The van der Waals surface area contributed by atoms with E-state index in [0.29, 0.717) is 0 Å². The van der Waals surface area contributed by atoms with Crippen LogP contribution in [-0.2, 0) is 14.4 Å². The topological polar surface area (TPSA) is 71.4 Å². The van der Waals surface area contributed by atoms with Crippen molar-refractivity contribution in [3.05, 3.63) is 42.0 Å². The Labute approximate surface area is 136 Å². The van der Waals surface area contributed by atoms with E-state index in [9.17, 15) is 19.5 Å². The molecule has 23 heavy (non-hydrogen) atoms. The van der Waals surface area contributed by atoms with Gasteiger partial charge in [0.2, 0.25) is 0 Å². The van der Waals surface area contributed by atoms with Gasteiger partial charge in [-0.1, -0.05) is 42.5 Å². The van der Waals surface area contributed by atoms with Gasteiger partial charge in [0.05, 0.1) is 17.4 Å². The summed E-state index contributed by atoms with van der Waals surface area (Å²) in [7, 11) is 0. The standard InChI is InChI=1S/C19H22O4/c1-12(20)17-15(10-9-14-7-5-4-6-8-14)18(13(2)21)19(3,23)11-16(17)22/h4-10,15,17-18,23H,11H2,1-3H3/t15-,17-,18-,19-/m0/s1. The quantitative estimate of drug-likeness (QED) is 0.867. The first-order valence-corrected chi connectivity index (χ1v) is 7.73. The van der Waals surface area contributed by atoms with Crippen LogP contribution in [0.5, 0.6) is 0 Å². The maximum atomic E-state index is 12.3. The van der Waals surface area contributed by atoms with Crippen molar-refractivity contribution in [1.82, 2.24) is 0 Å². The van der Waals surface area contributed by atoms with Crippen LogP contribution in [-0.4, -0.2) is 28.1 Å². The molecule has 4 heteroatoms. The zero-order valence-electron chi connectivity index (χ0n) is 13.7. The summed E-state index contributed by atoms with van der Waals surface area (Å²) < 4.78 is 0. The monoisotopic (exact) mass is 314 g/mol. The van der Waals surface area contributed by atoms with E-state index in [4.69, 9.17) is 0 Å². The highest BCUT2D eigenvalue weighted by atomic mass is 16.3. The van der Waals surface area contributed by atoms with E-state index in [0.717, 1.165) is 5.56 Å². The Kier molecular flexibility index (Phi) is 4.95. The van der Waals surface area contributed by atoms with Crippen LogP contribution >= 0.6 is 0 Å². The second-order valence-corrected chi connectivity index (χ2v) is 6.52. The number of ketones is 3. The number of aliphatic hydroxyl groups is 1. The third-order valence-corrected chi connectivity index (χ3v) is 4.51. The van der Waals surface area contributed by atoms with Gasteiger partial charge < -0.3 is 5.11 Å². The Bertz CT molecular complexity index is 643. The summed E-state index contributed by atoms with van der Waals surface area (Å²) in [6.45, 7) is 4.26. The van der Waals surface area contributed by atoms with Crippen molar-refractivity contribution in [3.8, 4) is 0 Å². The van der Waals surface area contributed by atoms with Gasteiger partial charge in [0.25, 0.3) is 0 Å². The molecular weight excluding hydrogens is 292 g/mol. The lowest BCUT2D eigenvalue weighted by Gasteiger charge is -2.42. The first-order chi connectivity index (χ1) is 10.7. The van der Waals surface area contributed by atoms with Gasteiger partial charge in [-0.2, -0.15) is 0 Å². The predicted molar refractivity (Wildman–Crippen MR) is 87.6 cm³/mol. The predicted octanol–water partition coefficient (Wildman–Crippen LogP) is 2.45. The van der Waals surface area contributed by atoms with Crippen molar-refractivity contribution in [2.45, 2.75) is 32.8 Å².